The molecule has 232 valence electrons. The van der Waals surface area contributed by atoms with Gasteiger partial charge < -0.3 is 15.0 Å². The van der Waals surface area contributed by atoms with Gasteiger partial charge >= 0.3 is 0 Å². The number of hydrogen-bond acceptors (Lipinski definition) is 5. The van der Waals surface area contributed by atoms with Gasteiger partial charge in [-0.05, 0) is 80.8 Å². The smallest absolute Gasteiger partial charge is 0.264 e. The summed E-state index contributed by atoms with van der Waals surface area (Å²) in [6, 6.07) is 17.0. The maximum atomic E-state index is 14.2. The zero-order chi connectivity index (χ0) is 31.6. The Hall–Kier alpha value is -3.27. The lowest BCUT2D eigenvalue weighted by Crippen LogP contribution is -2.52. The van der Waals surface area contributed by atoms with E-state index in [0.29, 0.717) is 40.9 Å². The van der Waals surface area contributed by atoms with Gasteiger partial charge in [0.1, 0.15) is 18.3 Å². The molecule has 0 aliphatic rings. The molecule has 0 bridgehead atoms. The number of aryl methyl sites for hydroxylation is 1. The van der Waals surface area contributed by atoms with Crippen LogP contribution in [0.2, 0.25) is 10.0 Å². The van der Waals surface area contributed by atoms with Crippen LogP contribution >= 0.6 is 23.2 Å². The van der Waals surface area contributed by atoms with Crippen LogP contribution < -0.4 is 14.4 Å². The minimum Gasteiger partial charge on any atom is -0.494 e. The second-order valence-corrected chi connectivity index (χ2v) is 12.8. The van der Waals surface area contributed by atoms with Crippen LogP contribution in [0.15, 0.2) is 71.6 Å². The minimum absolute atomic E-state index is 0.0176. The predicted octanol–water partition coefficient (Wildman–Crippen LogP) is 6.62. The minimum atomic E-state index is -4.18. The average molecular weight is 649 g/mol. The molecule has 0 spiro atoms. The van der Waals surface area contributed by atoms with E-state index in [9.17, 15) is 18.0 Å². The summed E-state index contributed by atoms with van der Waals surface area (Å²) in [5.41, 5.74) is 1.75. The molecule has 0 radical (unpaired) electrons. The quantitative estimate of drug-likeness (QED) is 0.187. The van der Waals surface area contributed by atoms with Gasteiger partial charge in [-0.3, -0.25) is 13.9 Å². The fourth-order valence-corrected chi connectivity index (χ4v) is 6.38. The van der Waals surface area contributed by atoms with E-state index in [0.717, 1.165) is 22.7 Å². The number of amides is 2. The van der Waals surface area contributed by atoms with Crippen molar-refractivity contribution in [2.75, 3.05) is 24.0 Å². The van der Waals surface area contributed by atoms with Crippen LogP contribution in [-0.2, 0) is 26.2 Å². The summed E-state index contributed by atoms with van der Waals surface area (Å²) in [4.78, 5) is 28.9. The largest absolute Gasteiger partial charge is 0.494 e. The number of nitrogens with zero attached hydrogens (tertiary/aromatic N) is 2. The molecule has 0 aromatic heterocycles. The van der Waals surface area contributed by atoms with E-state index in [1.54, 1.807) is 61.5 Å². The van der Waals surface area contributed by atoms with Gasteiger partial charge in [-0.15, -0.1) is 0 Å². The third-order valence-electron chi connectivity index (χ3n) is 6.89. The number of nitrogens with one attached hydrogen (secondary N) is 1. The van der Waals surface area contributed by atoms with Gasteiger partial charge in [-0.2, -0.15) is 0 Å². The summed E-state index contributed by atoms with van der Waals surface area (Å²) < 4.78 is 34.6. The lowest BCUT2D eigenvalue weighted by atomic mass is 10.1. The molecule has 8 nitrogen and oxygen atoms in total. The van der Waals surface area contributed by atoms with E-state index in [4.69, 9.17) is 27.9 Å². The second kappa shape index (κ2) is 16.0. The van der Waals surface area contributed by atoms with Crippen LogP contribution in [-0.4, -0.2) is 50.9 Å². The van der Waals surface area contributed by atoms with Crippen molar-refractivity contribution < 1.29 is 22.7 Å². The highest BCUT2D eigenvalue weighted by molar-refractivity contribution is 7.92. The molecule has 0 aliphatic heterocycles. The number of benzene rings is 3. The average Bonchev–Trinajstić information content (AvgIpc) is 2.97. The molecule has 2 amide bonds. The number of carbonyl (C=O) groups excluding carboxylic acids is 2. The topological polar surface area (TPSA) is 96.0 Å². The van der Waals surface area contributed by atoms with Crippen LogP contribution in [0.25, 0.3) is 0 Å². The normalized spacial score (nSPS) is 12.0. The Kier molecular flexibility index (Phi) is 12.7. The second-order valence-electron chi connectivity index (χ2n) is 10.1. The van der Waals surface area contributed by atoms with Crippen molar-refractivity contribution in [1.29, 1.82) is 0 Å². The van der Waals surface area contributed by atoms with E-state index >= 15 is 0 Å². The summed E-state index contributed by atoms with van der Waals surface area (Å²) >= 11 is 12.6. The molecular formula is C32H39Cl2N3O5S. The number of rotatable bonds is 15. The van der Waals surface area contributed by atoms with Crippen LogP contribution in [0.1, 0.15) is 51.2 Å². The molecule has 0 fully saturated rings. The Balaban J connectivity index is 2.06. The number of carbonyl (C=O) groups is 2. The van der Waals surface area contributed by atoms with Gasteiger partial charge in [-0.1, -0.05) is 67.2 Å². The Morgan fingerprint density at radius 2 is 1.63 bits per heavy atom. The van der Waals surface area contributed by atoms with E-state index in [2.05, 4.69) is 5.32 Å². The number of ether oxygens (including phenoxy) is 1. The van der Waals surface area contributed by atoms with Crippen molar-refractivity contribution in [3.63, 3.8) is 0 Å². The number of anilines is 1. The van der Waals surface area contributed by atoms with Gasteiger partial charge in [-0.25, -0.2) is 8.42 Å². The SMILES string of the molecule is CCCCNC(=O)C(CC)N(Cc1ccc(Cl)cc1Cl)C(=O)CN(c1ccc(OCC)cc1)S(=O)(=O)c1ccc(C)cc1. The molecular weight excluding hydrogens is 609 g/mol. The standard InChI is InChI=1S/C32H39Cl2N3O5S/c1-5-8-19-35-32(39)30(6-2)36(21-24-11-12-25(33)20-29(24)34)31(38)22-37(26-13-15-27(16-14-26)42-7-3)43(40,41)28-17-9-23(4)10-18-28/h9-18,20,30H,5-8,19,21-22H2,1-4H3,(H,35,39). The summed E-state index contributed by atoms with van der Waals surface area (Å²) in [6.07, 6.45) is 2.00. The molecule has 43 heavy (non-hydrogen) atoms. The van der Waals surface area contributed by atoms with Crippen LogP contribution in [0.4, 0.5) is 5.69 Å². The van der Waals surface area contributed by atoms with Crippen molar-refractivity contribution in [3.05, 3.63) is 87.9 Å². The Morgan fingerprint density at radius 1 is 0.953 bits per heavy atom. The monoisotopic (exact) mass is 647 g/mol. The summed E-state index contributed by atoms with van der Waals surface area (Å²) in [7, 11) is -4.18. The first-order valence-corrected chi connectivity index (χ1v) is 16.5. The Bertz CT molecular complexity index is 1480. The zero-order valence-electron chi connectivity index (χ0n) is 25.0. The van der Waals surface area contributed by atoms with Gasteiger partial charge in [0.15, 0.2) is 0 Å². The molecule has 1 unspecified atom stereocenters. The van der Waals surface area contributed by atoms with Gasteiger partial charge in [0, 0.05) is 23.1 Å². The predicted molar refractivity (Wildman–Crippen MR) is 172 cm³/mol. The first kappa shape index (κ1) is 34.2. The Labute approximate surface area is 265 Å². The van der Waals surface area contributed by atoms with Crippen molar-refractivity contribution in [2.45, 2.75) is 64.4 Å². The van der Waals surface area contributed by atoms with Crippen molar-refractivity contribution >= 4 is 50.7 Å². The molecule has 0 heterocycles. The number of sulfonamides is 1. The highest BCUT2D eigenvalue weighted by atomic mass is 35.5. The van der Waals surface area contributed by atoms with Gasteiger partial charge in [0.25, 0.3) is 10.0 Å². The highest BCUT2D eigenvalue weighted by Gasteiger charge is 2.34. The van der Waals surface area contributed by atoms with Gasteiger partial charge in [0.05, 0.1) is 17.2 Å². The van der Waals surface area contributed by atoms with Gasteiger partial charge in [0.2, 0.25) is 11.8 Å². The molecule has 1 N–H and O–H groups in total. The highest BCUT2D eigenvalue weighted by Crippen LogP contribution is 2.28. The van der Waals surface area contributed by atoms with Crippen molar-refractivity contribution in [3.8, 4) is 5.75 Å². The summed E-state index contributed by atoms with van der Waals surface area (Å²) in [5, 5.41) is 3.68. The molecule has 0 aliphatic carbocycles. The molecule has 3 aromatic rings. The summed E-state index contributed by atoms with van der Waals surface area (Å²) in [5.74, 6) is -0.310. The lowest BCUT2D eigenvalue weighted by molar-refractivity contribution is -0.140. The molecule has 3 aromatic carbocycles. The molecule has 3 rings (SSSR count). The van der Waals surface area contributed by atoms with E-state index in [1.807, 2.05) is 20.8 Å². The molecule has 0 saturated carbocycles. The molecule has 0 saturated heterocycles. The van der Waals surface area contributed by atoms with Crippen LogP contribution in [0, 0.1) is 6.92 Å². The third-order valence-corrected chi connectivity index (χ3v) is 9.27. The fourth-order valence-electron chi connectivity index (χ4n) is 4.50. The van der Waals surface area contributed by atoms with E-state index in [-0.39, 0.29) is 23.0 Å². The van der Waals surface area contributed by atoms with Crippen LogP contribution in [0.5, 0.6) is 5.75 Å². The fraction of sp³-hybridized carbons (Fsp3) is 0.375. The maximum absolute atomic E-state index is 14.2. The number of hydrogen-bond donors (Lipinski definition) is 1. The van der Waals surface area contributed by atoms with E-state index in [1.165, 1.54) is 17.0 Å². The lowest BCUT2D eigenvalue weighted by Gasteiger charge is -2.33. The van der Waals surface area contributed by atoms with Crippen molar-refractivity contribution in [2.24, 2.45) is 0 Å². The number of unbranched alkanes of at least 4 members (excludes halogenated alkanes) is 1. The zero-order valence-corrected chi connectivity index (χ0v) is 27.3. The first-order chi connectivity index (χ1) is 20.5. The van der Waals surface area contributed by atoms with Crippen LogP contribution in [0.3, 0.4) is 0 Å². The first-order valence-electron chi connectivity index (χ1n) is 14.3. The van der Waals surface area contributed by atoms with E-state index < -0.39 is 28.5 Å². The summed E-state index contributed by atoms with van der Waals surface area (Å²) in [6.45, 7) is 7.89. The molecule has 11 heteroatoms. The van der Waals surface area contributed by atoms with Crippen molar-refractivity contribution in [1.82, 2.24) is 10.2 Å². The Morgan fingerprint density at radius 3 is 2.21 bits per heavy atom. The third kappa shape index (κ3) is 9.11. The maximum Gasteiger partial charge on any atom is 0.264 e. The molecule has 1 atom stereocenters. The number of halogens is 2.